The predicted molar refractivity (Wildman–Crippen MR) is 93.0 cm³/mol. The van der Waals surface area contributed by atoms with E-state index in [1.807, 2.05) is 16.9 Å². The summed E-state index contributed by atoms with van der Waals surface area (Å²) < 4.78 is 1.96. The lowest BCUT2D eigenvalue weighted by Crippen LogP contribution is -2.33. The van der Waals surface area contributed by atoms with Gasteiger partial charge in [0.05, 0.1) is 24.0 Å². The molecule has 1 atom stereocenters. The molecule has 0 radical (unpaired) electrons. The van der Waals surface area contributed by atoms with Gasteiger partial charge in [-0.2, -0.15) is 5.10 Å². The van der Waals surface area contributed by atoms with E-state index >= 15 is 0 Å². The summed E-state index contributed by atoms with van der Waals surface area (Å²) in [6.45, 7) is 2.51. The van der Waals surface area contributed by atoms with Crippen molar-refractivity contribution in [3.8, 4) is 0 Å². The van der Waals surface area contributed by atoms with Crippen molar-refractivity contribution in [1.82, 2.24) is 24.6 Å². The number of likely N-dealkylation sites (tertiary alicyclic amines) is 1. The molecule has 1 aromatic carbocycles. The summed E-state index contributed by atoms with van der Waals surface area (Å²) in [7, 11) is 0. The molecule has 124 valence electrons. The summed E-state index contributed by atoms with van der Waals surface area (Å²) in [6.07, 6.45) is 6.07. The van der Waals surface area contributed by atoms with Gasteiger partial charge in [-0.1, -0.05) is 11.6 Å². The van der Waals surface area contributed by atoms with E-state index in [2.05, 4.69) is 20.0 Å². The summed E-state index contributed by atoms with van der Waals surface area (Å²) in [5.41, 5.74) is 0.543. The van der Waals surface area contributed by atoms with Crippen LogP contribution >= 0.6 is 11.6 Å². The molecule has 1 fully saturated rings. The fourth-order valence-electron chi connectivity index (χ4n) is 3.36. The number of rotatable bonds is 4. The normalized spacial score (nSPS) is 18.5. The average molecular weight is 344 g/mol. The average Bonchev–Trinajstić information content (AvgIpc) is 3.21. The van der Waals surface area contributed by atoms with Crippen LogP contribution in [-0.4, -0.2) is 37.2 Å². The zero-order chi connectivity index (χ0) is 16.5. The van der Waals surface area contributed by atoms with Crippen molar-refractivity contribution in [3.63, 3.8) is 0 Å². The molecule has 3 aromatic rings. The van der Waals surface area contributed by atoms with Gasteiger partial charge in [-0.3, -0.25) is 14.4 Å². The van der Waals surface area contributed by atoms with Gasteiger partial charge in [-0.25, -0.2) is 4.98 Å². The van der Waals surface area contributed by atoms with E-state index in [4.69, 9.17) is 11.6 Å². The third kappa shape index (κ3) is 3.07. The lowest BCUT2D eigenvalue weighted by Gasteiger charge is -2.23. The second-order valence-electron chi connectivity index (χ2n) is 6.17. The fourth-order valence-corrected chi connectivity index (χ4v) is 3.53. The van der Waals surface area contributed by atoms with Gasteiger partial charge < -0.3 is 4.98 Å². The molecular weight excluding hydrogens is 326 g/mol. The molecule has 6 nitrogen and oxygen atoms in total. The van der Waals surface area contributed by atoms with E-state index < -0.39 is 0 Å². The van der Waals surface area contributed by atoms with E-state index in [1.54, 1.807) is 24.4 Å². The Morgan fingerprint density at radius 1 is 1.38 bits per heavy atom. The van der Waals surface area contributed by atoms with Crippen molar-refractivity contribution in [2.75, 3.05) is 6.54 Å². The summed E-state index contributed by atoms with van der Waals surface area (Å²) in [4.78, 5) is 22.1. The highest BCUT2D eigenvalue weighted by Gasteiger charge is 2.25. The highest BCUT2D eigenvalue weighted by atomic mass is 35.5. The van der Waals surface area contributed by atoms with Gasteiger partial charge >= 0.3 is 0 Å². The number of H-pyrrole nitrogens is 1. The van der Waals surface area contributed by atoms with Crippen molar-refractivity contribution >= 4 is 22.5 Å². The summed E-state index contributed by atoms with van der Waals surface area (Å²) >= 11 is 5.96. The number of aromatic nitrogens is 4. The van der Waals surface area contributed by atoms with Crippen molar-refractivity contribution in [2.45, 2.75) is 32.0 Å². The molecule has 1 N–H and O–H groups in total. The van der Waals surface area contributed by atoms with Gasteiger partial charge in [0.2, 0.25) is 0 Å². The molecule has 1 aliphatic rings. The van der Waals surface area contributed by atoms with Gasteiger partial charge in [0.25, 0.3) is 5.56 Å². The van der Waals surface area contributed by atoms with Crippen LogP contribution < -0.4 is 5.56 Å². The van der Waals surface area contributed by atoms with Crippen LogP contribution in [0.5, 0.6) is 0 Å². The molecule has 0 saturated carbocycles. The Morgan fingerprint density at radius 2 is 2.29 bits per heavy atom. The van der Waals surface area contributed by atoms with Crippen molar-refractivity contribution in [2.24, 2.45) is 0 Å². The summed E-state index contributed by atoms with van der Waals surface area (Å²) in [5, 5.41) is 5.36. The molecule has 0 bridgehead atoms. The first kappa shape index (κ1) is 15.4. The fraction of sp³-hybridized carbons (Fsp3) is 0.353. The number of fused-ring (bicyclic) bond motifs is 1. The van der Waals surface area contributed by atoms with Crippen LogP contribution in [0, 0.1) is 0 Å². The Labute approximate surface area is 144 Å². The molecule has 2 aromatic heterocycles. The molecule has 0 amide bonds. The van der Waals surface area contributed by atoms with Crippen LogP contribution in [0.1, 0.15) is 18.7 Å². The number of hydrogen-bond donors (Lipinski definition) is 1. The zero-order valence-corrected chi connectivity index (χ0v) is 13.9. The smallest absolute Gasteiger partial charge is 0.258 e. The molecular formula is C17H18ClN5O. The lowest BCUT2D eigenvalue weighted by atomic mass is 10.2. The van der Waals surface area contributed by atoms with Crippen molar-refractivity contribution in [1.29, 1.82) is 0 Å². The van der Waals surface area contributed by atoms with E-state index in [0.717, 1.165) is 25.9 Å². The van der Waals surface area contributed by atoms with Crippen LogP contribution in [0.4, 0.5) is 0 Å². The molecule has 1 saturated heterocycles. The largest absolute Gasteiger partial charge is 0.309 e. The molecule has 7 heteroatoms. The number of nitrogens with one attached hydrogen (secondary N) is 1. The van der Waals surface area contributed by atoms with Gasteiger partial charge in [-0.15, -0.1) is 0 Å². The first-order valence-electron chi connectivity index (χ1n) is 8.09. The Kier molecular flexibility index (Phi) is 4.08. The number of hydrogen-bond acceptors (Lipinski definition) is 4. The molecule has 1 unspecified atom stereocenters. The first-order chi connectivity index (χ1) is 11.7. The molecule has 0 aliphatic carbocycles. The van der Waals surface area contributed by atoms with E-state index in [-0.39, 0.29) is 5.56 Å². The standard InChI is InChI=1S/C17H18ClN5O/c18-12-4-5-15-14(9-12)17(24)21-16(20-15)11-22-7-1-3-13(22)10-23-8-2-6-19-23/h2,4-6,8-9,13H,1,3,7,10-11H2,(H,20,21,24). The minimum absolute atomic E-state index is 0.139. The van der Waals surface area contributed by atoms with Gasteiger partial charge in [0, 0.05) is 23.5 Å². The maximum Gasteiger partial charge on any atom is 0.258 e. The minimum atomic E-state index is -0.139. The van der Waals surface area contributed by atoms with Crippen LogP contribution in [0.3, 0.4) is 0 Å². The molecule has 3 heterocycles. The molecule has 0 spiro atoms. The number of nitrogens with zero attached hydrogens (tertiary/aromatic N) is 4. The van der Waals surface area contributed by atoms with E-state index in [0.29, 0.717) is 34.3 Å². The Bertz CT molecular complexity index is 905. The molecule has 1 aliphatic heterocycles. The first-order valence-corrected chi connectivity index (χ1v) is 8.47. The minimum Gasteiger partial charge on any atom is -0.309 e. The zero-order valence-electron chi connectivity index (χ0n) is 13.2. The third-order valence-corrected chi connectivity index (χ3v) is 4.76. The number of aromatic amines is 1. The Morgan fingerprint density at radius 3 is 3.12 bits per heavy atom. The number of benzene rings is 1. The van der Waals surface area contributed by atoms with Crippen LogP contribution in [0.25, 0.3) is 10.9 Å². The van der Waals surface area contributed by atoms with Crippen LogP contribution in [0.15, 0.2) is 41.5 Å². The monoisotopic (exact) mass is 343 g/mol. The molecule has 4 rings (SSSR count). The van der Waals surface area contributed by atoms with Crippen LogP contribution in [-0.2, 0) is 13.1 Å². The number of halogens is 1. The van der Waals surface area contributed by atoms with Gasteiger partial charge in [0.1, 0.15) is 5.82 Å². The molecule has 24 heavy (non-hydrogen) atoms. The highest BCUT2D eigenvalue weighted by Crippen LogP contribution is 2.21. The highest BCUT2D eigenvalue weighted by molar-refractivity contribution is 6.31. The topological polar surface area (TPSA) is 66.8 Å². The maximum atomic E-state index is 12.3. The van der Waals surface area contributed by atoms with Crippen molar-refractivity contribution in [3.05, 3.63) is 57.9 Å². The Balaban J connectivity index is 1.57. The van der Waals surface area contributed by atoms with Gasteiger partial charge in [0.15, 0.2) is 0 Å². The summed E-state index contributed by atoms with van der Waals surface area (Å²) in [6, 6.07) is 7.56. The summed E-state index contributed by atoms with van der Waals surface area (Å²) in [5.74, 6) is 0.696. The van der Waals surface area contributed by atoms with E-state index in [1.165, 1.54) is 0 Å². The quantitative estimate of drug-likeness (QED) is 0.790. The second kappa shape index (κ2) is 6.37. The Hall–Kier alpha value is -2.18. The third-order valence-electron chi connectivity index (χ3n) is 4.53. The van der Waals surface area contributed by atoms with Crippen molar-refractivity contribution < 1.29 is 0 Å². The van der Waals surface area contributed by atoms with Crippen LogP contribution in [0.2, 0.25) is 5.02 Å². The SMILES string of the molecule is O=c1[nH]c(CN2CCCC2Cn2cccn2)nc2ccc(Cl)cc12. The van der Waals surface area contributed by atoms with Gasteiger partial charge in [-0.05, 0) is 43.7 Å². The van der Waals surface area contributed by atoms with E-state index in [9.17, 15) is 4.79 Å². The predicted octanol–water partition coefficient (Wildman–Crippen LogP) is 2.44. The maximum absolute atomic E-state index is 12.3. The second-order valence-corrected chi connectivity index (χ2v) is 6.61. The lowest BCUT2D eigenvalue weighted by molar-refractivity contribution is 0.214.